The maximum Gasteiger partial charge on any atom is 0.144 e. The van der Waals surface area contributed by atoms with Gasteiger partial charge in [0.25, 0.3) is 0 Å². The van der Waals surface area contributed by atoms with E-state index in [0.717, 1.165) is 5.56 Å². The van der Waals surface area contributed by atoms with Gasteiger partial charge in [-0.1, -0.05) is 11.6 Å². The lowest BCUT2D eigenvalue weighted by molar-refractivity contribution is 0.414. The second-order valence-corrected chi connectivity index (χ2v) is 6.85. The lowest BCUT2D eigenvalue weighted by Gasteiger charge is -2.13. The van der Waals surface area contributed by atoms with Gasteiger partial charge in [-0.3, -0.25) is 0 Å². The number of rotatable bonds is 3. The van der Waals surface area contributed by atoms with E-state index in [2.05, 4.69) is 4.40 Å². The Morgan fingerprint density at radius 3 is 2.59 bits per heavy atom. The van der Waals surface area contributed by atoms with Crippen LogP contribution in [0.1, 0.15) is 26.3 Å². The molecule has 0 unspecified atom stereocenters. The number of hydrogen-bond acceptors (Lipinski definition) is 2. The fraction of sp³-hybridized carbons (Fsp3) is 0.417. The van der Waals surface area contributed by atoms with E-state index < -0.39 is 11.0 Å². The molecule has 94 valence electrons. The molecule has 0 aliphatic rings. The summed E-state index contributed by atoms with van der Waals surface area (Å²) in [6, 6.07) is 5.22. The number of ether oxygens (including phenoxy) is 1. The van der Waals surface area contributed by atoms with Crippen molar-refractivity contribution in [2.75, 3.05) is 7.11 Å². The van der Waals surface area contributed by atoms with Crippen LogP contribution in [-0.4, -0.2) is 22.3 Å². The average Bonchev–Trinajstić information content (AvgIpc) is 2.25. The molecule has 0 N–H and O–H groups in total. The van der Waals surface area contributed by atoms with Gasteiger partial charge in [0, 0.05) is 16.8 Å². The molecule has 1 aromatic carbocycles. The minimum atomic E-state index is -1.27. The van der Waals surface area contributed by atoms with Crippen LogP contribution < -0.4 is 4.74 Å². The third-order valence-electron chi connectivity index (χ3n) is 2.01. The molecule has 0 spiro atoms. The quantitative estimate of drug-likeness (QED) is 0.793. The van der Waals surface area contributed by atoms with Crippen LogP contribution in [0.2, 0.25) is 5.02 Å². The molecule has 0 fully saturated rings. The zero-order valence-corrected chi connectivity index (χ0v) is 11.9. The summed E-state index contributed by atoms with van der Waals surface area (Å²) in [5.41, 5.74) is 0.759. The van der Waals surface area contributed by atoms with Gasteiger partial charge in [-0.2, -0.15) is 4.40 Å². The number of halogens is 1. The molecule has 0 radical (unpaired) electrons. The summed E-state index contributed by atoms with van der Waals surface area (Å²) >= 11 is 5.85. The molecule has 17 heavy (non-hydrogen) atoms. The Kier molecular flexibility index (Phi) is 4.71. The maximum absolute atomic E-state index is 11.8. The predicted octanol–water partition coefficient (Wildman–Crippen LogP) is 3.23. The van der Waals surface area contributed by atoms with E-state index in [4.69, 9.17) is 16.3 Å². The highest BCUT2D eigenvalue weighted by Crippen LogP contribution is 2.22. The van der Waals surface area contributed by atoms with Crippen molar-refractivity contribution in [1.82, 2.24) is 0 Å². The van der Waals surface area contributed by atoms with Crippen LogP contribution in [0.4, 0.5) is 0 Å². The summed E-state index contributed by atoms with van der Waals surface area (Å²) in [5.74, 6) is 0.618. The van der Waals surface area contributed by atoms with Crippen molar-refractivity contribution in [2.45, 2.75) is 25.5 Å². The van der Waals surface area contributed by atoms with Crippen molar-refractivity contribution in [1.29, 1.82) is 0 Å². The van der Waals surface area contributed by atoms with Crippen molar-refractivity contribution in [3.05, 3.63) is 28.8 Å². The molecule has 0 heterocycles. The van der Waals surface area contributed by atoms with Gasteiger partial charge in [-0.15, -0.1) is 0 Å². The molecule has 0 aliphatic heterocycles. The highest BCUT2D eigenvalue weighted by molar-refractivity contribution is 7.85. The monoisotopic (exact) mass is 273 g/mol. The first kappa shape index (κ1) is 14.2. The fourth-order valence-corrected chi connectivity index (χ4v) is 1.74. The van der Waals surface area contributed by atoms with E-state index in [1.807, 2.05) is 20.8 Å². The van der Waals surface area contributed by atoms with Gasteiger partial charge in [0.2, 0.25) is 0 Å². The van der Waals surface area contributed by atoms with Gasteiger partial charge in [0.15, 0.2) is 0 Å². The minimum absolute atomic E-state index is 0.365. The molecule has 0 saturated carbocycles. The van der Waals surface area contributed by atoms with Gasteiger partial charge < -0.3 is 4.74 Å². The molecule has 1 atom stereocenters. The molecule has 0 saturated heterocycles. The molecule has 0 bridgehead atoms. The first-order chi connectivity index (χ1) is 7.84. The van der Waals surface area contributed by atoms with E-state index in [-0.39, 0.29) is 4.75 Å². The van der Waals surface area contributed by atoms with E-state index in [0.29, 0.717) is 10.8 Å². The Morgan fingerprint density at radius 1 is 1.41 bits per heavy atom. The number of hydrogen-bond donors (Lipinski definition) is 0. The van der Waals surface area contributed by atoms with Gasteiger partial charge in [-0.25, -0.2) is 4.21 Å². The smallest absolute Gasteiger partial charge is 0.144 e. The minimum Gasteiger partial charge on any atom is -0.496 e. The van der Waals surface area contributed by atoms with E-state index >= 15 is 0 Å². The van der Waals surface area contributed by atoms with Crippen LogP contribution in [0, 0.1) is 0 Å². The molecule has 5 heteroatoms. The molecular formula is C12H16ClNO2S. The van der Waals surface area contributed by atoms with Crippen molar-refractivity contribution in [3.63, 3.8) is 0 Å². The molecule has 0 aliphatic carbocycles. The number of benzene rings is 1. The summed E-state index contributed by atoms with van der Waals surface area (Å²) in [6.45, 7) is 5.62. The van der Waals surface area contributed by atoms with E-state index in [9.17, 15) is 4.21 Å². The standard InChI is InChI=1S/C12H16ClNO2S/c1-12(2,3)17(15)14-8-9-5-6-10(13)7-11(9)16-4/h5-8H,1-4H3/t17-/m0/s1. The average molecular weight is 274 g/mol. The van der Waals surface area contributed by atoms with Gasteiger partial charge in [0.1, 0.15) is 16.7 Å². The van der Waals surface area contributed by atoms with E-state index in [1.165, 1.54) is 0 Å². The number of nitrogens with zero attached hydrogens (tertiary/aromatic N) is 1. The normalized spacial score (nSPS) is 13.9. The summed E-state index contributed by atoms with van der Waals surface area (Å²) in [4.78, 5) is 0. The van der Waals surface area contributed by atoms with Crippen molar-refractivity contribution in [2.24, 2.45) is 4.40 Å². The van der Waals surface area contributed by atoms with Gasteiger partial charge >= 0.3 is 0 Å². The third kappa shape index (κ3) is 4.13. The summed E-state index contributed by atoms with van der Waals surface area (Å²) in [5, 5.41) is 0.593. The van der Waals surface area contributed by atoms with Crippen LogP contribution >= 0.6 is 11.6 Å². The Hall–Kier alpha value is -0.870. The Morgan fingerprint density at radius 2 is 2.06 bits per heavy atom. The summed E-state index contributed by atoms with van der Waals surface area (Å²) in [6.07, 6.45) is 1.55. The Bertz CT molecular complexity index is 452. The second kappa shape index (κ2) is 5.65. The van der Waals surface area contributed by atoms with Crippen LogP contribution in [0.15, 0.2) is 22.6 Å². The van der Waals surface area contributed by atoms with Crippen LogP contribution in [-0.2, 0) is 11.0 Å². The first-order valence-corrected chi connectivity index (χ1v) is 6.62. The maximum atomic E-state index is 11.8. The topological polar surface area (TPSA) is 38.7 Å². The van der Waals surface area contributed by atoms with Crippen molar-refractivity contribution < 1.29 is 8.95 Å². The Labute approximate surface area is 109 Å². The zero-order valence-electron chi connectivity index (χ0n) is 10.4. The van der Waals surface area contributed by atoms with Crippen LogP contribution in [0.5, 0.6) is 5.75 Å². The largest absolute Gasteiger partial charge is 0.496 e. The highest BCUT2D eigenvalue weighted by atomic mass is 35.5. The third-order valence-corrected chi connectivity index (χ3v) is 3.59. The van der Waals surface area contributed by atoms with Crippen molar-refractivity contribution >= 4 is 28.8 Å². The lowest BCUT2D eigenvalue weighted by Crippen LogP contribution is -2.19. The van der Waals surface area contributed by atoms with Gasteiger partial charge in [0.05, 0.1) is 11.9 Å². The number of methoxy groups -OCH3 is 1. The highest BCUT2D eigenvalue weighted by Gasteiger charge is 2.18. The summed E-state index contributed by atoms with van der Waals surface area (Å²) in [7, 11) is 0.287. The van der Waals surface area contributed by atoms with Gasteiger partial charge in [-0.05, 0) is 39.0 Å². The molecule has 1 rings (SSSR count). The predicted molar refractivity (Wildman–Crippen MR) is 73.5 cm³/mol. The van der Waals surface area contributed by atoms with E-state index in [1.54, 1.807) is 31.5 Å². The zero-order chi connectivity index (χ0) is 13.1. The molecule has 1 aromatic rings. The molecule has 3 nitrogen and oxygen atoms in total. The summed E-state index contributed by atoms with van der Waals surface area (Å²) < 4.78 is 20.6. The molecule has 0 aromatic heterocycles. The molecular weight excluding hydrogens is 258 g/mol. The lowest BCUT2D eigenvalue weighted by atomic mass is 10.2. The van der Waals surface area contributed by atoms with Crippen LogP contribution in [0.3, 0.4) is 0 Å². The second-order valence-electron chi connectivity index (χ2n) is 4.48. The Balaban J connectivity index is 2.96. The van der Waals surface area contributed by atoms with Crippen molar-refractivity contribution in [3.8, 4) is 5.75 Å². The SMILES string of the molecule is COc1cc(Cl)ccc1C=N[S@@](=O)C(C)(C)C. The fourth-order valence-electron chi connectivity index (χ4n) is 1.05. The molecule has 0 amide bonds. The first-order valence-electron chi connectivity index (χ1n) is 5.14. The van der Waals surface area contributed by atoms with Crippen LogP contribution in [0.25, 0.3) is 0 Å².